The molecule has 0 aromatic heterocycles. The second kappa shape index (κ2) is 9.81. The predicted molar refractivity (Wildman–Crippen MR) is 96.0 cm³/mol. The topological polar surface area (TPSA) is 78.5 Å². The summed E-state index contributed by atoms with van der Waals surface area (Å²) in [6, 6.07) is 8.70. The molecule has 1 aliphatic rings. The molecular weight excluding hydrogens is 318 g/mol. The molecule has 1 heterocycles. The highest BCUT2D eigenvalue weighted by atomic mass is 16.2. The summed E-state index contributed by atoms with van der Waals surface area (Å²) in [5, 5.41) is 5.71. The van der Waals surface area contributed by atoms with Crippen molar-refractivity contribution in [2.24, 2.45) is 0 Å². The van der Waals surface area contributed by atoms with Crippen LogP contribution in [0.15, 0.2) is 30.3 Å². The first-order chi connectivity index (χ1) is 12.1. The quantitative estimate of drug-likeness (QED) is 0.704. The molecule has 0 aliphatic carbocycles. The molecule has 2 N–H and O–H groups in total. The third-order valence-electron chi connectivity index (χ3n) is 4.31. The number of rotatable bonds is 8. The van der Waals surface area contributed by atoms with Crippen molar-refractivity contribution in [2.45, 2.75) is 45.1 Å². The summed E-state index contributed by atoms with van der Waals surface area (Å²) in [6.45, 7) is 3.62. The number of benzene rings is 1. The van der Waals surface area contributed by atoms with Crippen LogP contribution in [0.1, 0.15) is 49.4 Å². The largest absolute Gasteiger partial charge is 0.354 e. The maximum Gasteiger partial charge on any atom is 0.251 e. The first kappa shape index (κ1) is 19.0. The average molecular weight is 345 g/mol. The molecule has 0 spiro atoms. The third-order valence-corrected chi connectivity index (χ3v) is 4.31. The Hall–Kier alpha value is -2.37. The fourth-order valence-corrected chi connectivity index (χ4v) is 3.01. The van der Waals surface area contributed by atoms with E-state index in [0.717, 1.165) is 19.3 Å². The van der Waals surface area contributed by atoms with Gasteiger partial charge in [0.2, 0.25) is 11.8 Å². The molecule has 2 rings (SSSR count). The lowest BCUT2D eigenvalue weighted by Crippen LogP contribution is -2.46. The van der Waals surface area contributed by atoms with Gasteiger partial charge >= 0.3 is 0 Å². The Morgan fingerprint density at radius 3 is 2.56 bits per heavy atom. The minimum Gasteiger partial charge on any atom is -0.354 e. The Kier molecular flexibility index (Phi) is 7.44. The zero-order valence-corrected chi connectivity index (χ0v) is 14.8. The lowest BCUT2D eigenvalue weighted by atomic mass is 10.2. The highest BCUT2D eigenvalue weighted by Crippen LogP contribution is 2.18. The molecule has 136 valence electrons. The van der Waals surface area contributed by atoms with Gasteiger partial charge in [0, 0.05) is 31.6 Å². The van der Waals surface area contributed by atoms with Crippen LogP contribution in [0.5, 0.6) is 0 Å². The second-order valence-corrected chi connectivity index (χ2v) is 6.26. The molecule has 1 fully saturated rings. The number of nitrogens with one attached hydrogen (secondary N) is 2. The SMILES string of the molecule is CCCC(=O)N1CCC[C@H]1C(=O)NCCCNC(=O)c1ccccc1. The maximum atomic E-state index is 12.3. The summed E-state index contributed by atoms with van der Waals surface area (Å²) < 4.78 is 0. The van der Waals surface area contributed by atoms with Crippen LogP contribution in [0, 0.1) is 0 Å². The smallest absolute Gasteiger partial charge is 0.251 e. The van der Waals surface area contributed by atoms with Crippen molar-refractivity contribution >= 4 is 17.7 Å². The zero-order valence-electron chi connectivity index (χ0n) is 14.8. The molecule has 0 bridgehead atoms. The van der Waals surface area contributed by atoms with E-state index in [1.807, 2.05) is 25.1 Å². The van der Waals surface area contributed by atoms with Crippen molar-refractivity contribution in [1.29, 1.82) is 0 Å². The predicted octanol–water partition coefficient (Wildman–Crippen LogP) is 1.71. The summed E-state index contributed by atoms with van der Waals surface area (Å²) in [4.78, 5) is 37.9. The van der Waals surface area contributed by atoms with E-state index in [1.54, 1.807) is 17.0 Å². The van der Waals surface area contributed by atoms with Gasteiger partial charge in [-0.2, -0.15) is 0 Å². The van der Waals surface area contributed by atoms with Crippen LogP contribution in [-0.2, 0) is 9.59 Å². The van der Waals surface area contributed by atoms with Gasteiger partial charge in [0.05, 0.1) is 0 Å². The molecule has 1 atom stereocenters. The molecule has 1 saturated heterocycles. The Balaban J connectivity index is 1.66. The van der Waals surface area contributed by atoms with Crippen LogP contribution >= 0.6 is 0 Å². The molecule has 1 aromatic rings. The molecule has 3 amide bonds. The van der Waals surface area contributed by atoms with Gasteiger partial charge in [-0.05, 0) is 37.8 Å². The Morgan fingerprint density at radius 2 is 1.84 bits per heavy atom. The van der Waals surface area contributed by atoms with Gasteiger partial charge in [-0.15, -0.1) is 0 Å². The summed E-state index contributed by atoms with van der Waals surface area (Å²) >= 11 is 0. The number of carbonyl (C=O) groups excluding carboxylic acids is 3. The monoisotopic (exact) mass is 345 g/mol. The average Bonchev–Trinajstić information content (AvgIpc) is 3.12. The van der Waals surface area contributed by atoms with Gasteiger partial charge < -0.3 is 15.5 Å². The van der Waals surface area contributed by atoms with Gasteiger partial charge in [0.25, 0.3) is 5.91 Å². The lowest BCUT2D eigenvalue weighted by Gasteiger charge is -2.23. The fraction of sp³-hybridized carbons (Fsp3) is 0.526. The van der Waals surface area contributed by atoms with E-state index in [4.69, 9.17) is 0 Å². The van der Waals surface area contributed by atoms with Crippen LogP contribution in [0.4, 0.5) is 0 Å². The number of amides is 3. The molecule has 6 heteroatoms. The van der Waals surface area contributed by atoms with Gasteiger partial charge in [-0.3, -0.25) is 14.4 Å². The first-order valence-electron chi connectivity index (χ1n) is 9.04. The molecule has 1 aromatic carbocycles. The van der Waals surface area contributed by atoms with Gasteiger partial charge in [0.1, 0.15) is 6.04 Å². The van der Waals surface area contributed by atoms with Gasteiger partial charge in [-0.25, -0.2) is 0 Å². The molecule has 0 radical (unpaired) electrons. The second-order valence-electron chi connectivity index (χ2n) is 6.26. The van der Waals surface area contributed by atoms with Crippen molar-refractivity contribution in [3.63, 3.8) is 0 Å². The summed E-state index contributed by atoms with van der Waals surface area (Å²) in [7, 11) is 0. The van der Waals surface area contributed by atoms with E-state index < -0.39 is 0 Å². The van der Waals surface area contributed by atoms with Crippen LogP contribution in [0.2, 0.25) is 0 Å². The molecule has 6 nitrogen and oxygen atoms in total. The lowest BCUT2D eigenvalue weighted by molar-refractivity contribution is -0.138. The van der Waals surface area contributed by atoms with E-state index in [2.05, 4.69) is 10.6 Å². The van der Waals surface area contributed by atoms with Crippen molar-refractivity contribution in [2.75, 3.05) is 19.6 Å². The van der Waals surface area contributed by atoms with Crippen LogP contribution in [0.3, 0.4) is 0 Å². The number of likely N-dealkylation sites (tertiary alicyclic amines) is 1. The van der Waals surface area contributed by atoms with E-state index in [-0.39, 0.29) is 23.8 Å². The summed E-state index contributed by atoms with van der Waals surface area (Å²) in [5.41, 5.74) is 0.627. The summed E-state index contributed by atoms with van der Waals surface area (Å²) in [5.74, 6) is -0.134. The minimum atomic E-state index is -0.335. The third kappa shape index (κ3) is 5.59. The molecular formula is C19H27N3O3. The Morgan fingerprint density at radius 1 is 1.12 bits per heavy atom. The van der Waals surface area contributed by atoms with Gasteiger partial charge in [0.15, 0.2) is 0 Å². The fourth-order valence-electron chi connectivity index (χ4n) is 3.01. The minimum absolute atomic E-state index is 0.0651. The first-order valence-corrected chi connectivity index (χ1v) is 9.04. The molecule has 0 saturated carbocycles. The maximum absolute atomic E-state index is 12.3. The highest BCUT2D eigenvalue weighted by Gasteiger charge is 2.33. The van der Waals surface area contributed by atoms with Crippen LogP contribution in [-0.4, -0.2) is 48.3 Å². The van der Waals surface area contributed by atoms with E-state index in [9.17, 15) is 14.4 Å². The molecule has 25 heavy (non-hydrogen) atoms. The van der Waals surface area contributed by atoms with Crippen molar-refractivity contribution in [1.82, 2.24) is 15.5 Å². The number of carbonyl (C=O) groups is 3. The normalized spacial score (nSPS) is 16.5. The van der Waals surface area contributed by atoms with Crippen molar-refractivity contribution < 1.29 is 14.4 Å². The highest BCUT2D eigenvalue weighted by molar-refractivity contribution is 5.94. The Labute approximate surface area is 149 Å². The van der Waals surface area contributed by atoms with Crippen molar-refractivity contribution in [3.8, 4) is 0 Å². The molecule has 0 unspecified atom stereocenters. The van der Waals surface area contributed by atoms with Gasteiger partial charge in [-0.1, -0.05) is 25.1 Å². The number of nitrogens with zero attached hydrogens (tertiary/aromatic N) is 1. The van der Waals surface area contributed by atoms with E-state index >= 15 is 0 Å². The van der Waals surface area contributed by atoms with Crippen molar-refractivity contribution in [3.05, 3.63) is 35.9 Å². The van der Waals surface area contributed by atoms with E-state index in [1.165, 1.54) is 0 Å². The van der Waals surface area contributed by atoms with Crippen LogP contribution in [0.25, 0.3) is 0 Å². The number of hydrogen-bond acceptors (Lipinski definition) is 3. The molecule has 1 aliphatic heterocycles. The van der Waals surface area contributed by atoms with Crippen LogP contribution < -0.4 is 10.6 Å². The Bertz CT molecular complexity index is 589. The number of hydrogen-bond donors (Lipinski definition) is 2. The van der Waals surface area contributed by atoms with E-state index in [0.29, 0.717) is 38.0 Å². The zero-order chi connectivity index (χ0) is 18.1. The summed E-state index contributed by atoms with van der Waals surface area (Å²) in [6.07, 6.45) is 3.55. The standard InChI is InChI=1S/C19H27N3O3/c1-2-8-17(23)22-14-6-11-16(22)19(25)21-13-7-12-20-18(24)15-9-4-3-5-10-15/h3-5,9-10,16H,2,6-8,11-14H2,1H3,(H,20,24)(H,21,25)/t16-/m0/s1.